The topological polar surface area (TPSA) is 23.5 Å². The number of nitrogens with zero attached hydrogens (tertiary/aromatic N) is 1. The Morgan fingerprint density at radius 1 is 1.15 bits per heavy atom. The number of halogens is 1. The van der Waals surface area contributed by atoms with E-state index in [1.165, 1.54) is 6.07 Å². The molecule has 2 aromatic carbocycles. The molecule has 1 atom stereocenters. The first-order valence-corrected chi connectivity index (χ1v) is 6.90. The first kappa shape index (κ1) is 13.1. The van der Waals surface area contributed by atoms with Crippen molar-refractivity contribution < 1.29 is 9.50 Å². The molecule has 0 radical (unpaired) electrons. The summed E-state index contributed by atoms with van der Waals surface area (Å²) in [7, 11) is 2.05. The van der Waals surface area contributed by atoms with Gasteiger partial charge in [0, 0.05) is 12.5 Å². The van der Waals surface area contributed by atoms with Gasteiger partial charge in [0.2, 0.25) is 0 Å². The van der Waals surface area contributed by atoms with Crippen LogP contribution in [0.5, 0.6) is 5.75 Å². The number of hydrogen-bond donors (Lipinski definition) is 1. The molecule has 0 aromatic heterocycles. The van der Waals surface area contributed by atoms with Crippen molar-refractivity contribution in [1.82, 2.24) is 4.90 Å². The Hall–Kier alpha value is -1.87. The zero-order valence-corrected chi connectivity index (χ0v) is 11.5. The molecule has 1 N–H and O–H groups in total. The normalized spacial score (nSPS) is 19.4. The van der Waals surface area contributed by atoms with E-state index < -0.39 is 0 Å². The Bertz CT molecular complexity index is 626. The zero-order valence-electron chi connectivity index (χ0n) is 11.5. The van der Waals surface area contributed by atoms with Gasteiger partial charge >= 0.3 is 0 Å². The van der Waals surface area contributed by atoms with Gasteiger partial charge in [-0.2, -0.15) is 0 Å². The van der Waals surface area contributed by atoms with Crippen LogP contribution in [0.4, 0.5) is 4.39 Å². The van der Waals surface area contributed by atoms with Gasteiger partial charge in [0.05, 0.1) is 0 Å². The predicted molar refractivity (Wildman–Crippen MR) is 77.3 cm³/mol. The van der Waals surface area contributed by atoms with Crippen molar-refractivity contribution in [3.05, 3.63) is 65.0 Å². The van der Waals surface area contributed by atoms with E-state index in [0.717, 1.165) is 36.2 Å². The highest BCUT2D eigenvalue weighted by molar-refractivity contribution is 5.43. The van der Waals surface area contributed by atoms with E-state index in [1.807, 2.05) is 18.2 Å². The van der Waals surface area contributed by atoms with Gasteiger partial charge in [-0.25, -0.2) is 4.39 Å². The third-order valence-electron chi connectivity index (χ3n) is 4.02. The average molecular weight is 271 g/mol. The van der Waals surface area contributed by atoms with Gasteiger partial charge in [-0.1, -0.05) is 24.3 Å². The summed E-state index contributed by atoms with van der Waals surface area (Å²) in [5.41, 5.74) is 2.95. The third kappa shape index (κ3) is 2.41. The van der Waals surface area contributed by atoms with Crippen LogP contribution >= 0.6 is 0 Å². The van der Waals surface area contributed by atoms with Crippen LogP contribution in [0, 0.1) is 5.82 Å². The van der Waals surface area contributed by atoms with Crippen LogP contribution in [0.3, 0.4) is 0 Å². The van der Waals surface area contributed by atoms with Crippen LogP contribution in [0.2, 0.25) is 0 Å². The number of phenols is 1. The van der Waals surface area contributed by atoms with Crippen molar-refractivity contribution in [1.29, 1.82) is 0 Å². The first-order valence-electron chi connectivity index (χ1n) is 6.90. The zero-order chi connectivity index (χ0) is 14.1. The Kier molecular flexibility index (Phi) is 3.45. The second-order valence-corrected chi connectivity index (χ2v) is 5.48. The van der Waals surface area contributed by atoms with E-state index in [4.69, 9.17) is 0 Å². The van der Waals surface area contributed by atoms with Gasteiger partial charge in [-0.15, -0.1) is 0 Å². The fourth-order valence-electron chi connectivity index (χ4n) is 3.02. The minimum Gasteiger partial charge on any atom is -0.508 e. The lowest BCUT2D eigenvalue weighted by Crippen LogP contribution is -2.17. The molecular formula is C17H18FNO. The van der Waals surface area contributed by atoms with Gasteiger partial charge in [0.1, 0.15) is 11.6 Å². The van der Waals surface area contributed by atoms with E-state index in [-0.39, 0.29) is 17.5 Å². The summed E-state index contributed by atoms with van der Waals surface area (Å²) in [6.45, 7) is 1.70. The minimum absolute atomic E-state index is 0.0525. The lowest BCUT2D eigenvalue weighted by molar-refractivity contribution is 0.327. The van der Waals surface area contributed by atoms with Gasteiger partial charge in [0.15, 0.2) is 0 Å². The quantitative estimate of drug-likeness (QED) is 0.858. The van der Waals surface area contributed by atoms with Crippen LogP contribution in [-0.2, 0) is 6.54 Å². The Balaban J connectivity index is 2.11. The largest absolute Gasteiger partial charge is 0.508 e. The van der Waals surface area contributed by atoms with Crippen LogP contribution in [0.25, 0.3) is 0 Å². The second kappa shape index (κ2) is 5.25. The van der Waals surface area contributed by atoms with E-state index >= 15 is 0 Å². The van der Waals surface area contributed by atoms with Crippen molar-refractivity contribution in [3.63, 3.8) is 0 Å². The monoisotopic (exact) mass is 271 g/mol. The summed E-state index contributed by atoms with van der Waals surface area (Å²) in [5, 5.41) is 9.69. The van der Waals surface area contributed by atoms with Crippen LogP contribution in [-0.4, -0.2) is 23.6 Å². The first-order chi connectivity index (χ1) is 9.65. The molecule has 1 aliphatic heterocycles. The summed E-state index contributed by atoms with van der Waals surface area (Å²) in [5.74, 6) is 0.171. The summed E-state index contributed by atoms with van der Waals surface area (Å²) in [4.78, 5) is 2.21. The fourth-order valence-corrected chi connectivity index (χ4v) is 3.02. The molecule has 2 aromatic rings. The van der Waals surface area contributed by atoms with E-state index in [2.05, 4.69) is 11.9 Å². The summed E-state index contributed by atoms with van der Waals surface area (Å²) in [6, 6.07) is 12.4. The molecule has 0 saturated heterocycles. The Morgan fingerprint density at radius 3 is 2.75 bits per heavy atom. The van der Waals surface area contributed by atoms with Gasteiger partial charge in [-0.3, -0.25) is 0 Å². The number of phenolic OH excluding ortho intramolecular Hbond substituents is 1. The SMILES string of the molecule is CN1CC[C@H](c2ccccc2F)c2ccc(O)cc2C1. The van der Waals surface area contributed by atoms with Crippen molar-refractivity contribution in [2.24, 2.45) is 0 Å². The van der Waals surface area contributed by atoms with Crippen LogP contribution < -0.4 is 0 Å². The van der Waals surface area contributed by atoms with Crippen molar-refractivity contribution >= 4 is 0 Å². The molecule has 3 heteroatoms. The fraction of sp³-hybridized carbons (Fsp3) is 0.294. The highest BCUT2D eigenvalue weighted by Gasteiger charge is 2.24. The highest BCUT2D eigenvalue weighted by Crippen LogP contribution is 2.36. The van der Waals surface area contributed by atoms with Gasteiger partial charge in [0.25, 0.3) is 0 Å². The Morgan fingerprint density at radius 2 is 1.95 bits per heavy atom. The second-order valence-electron chi connectivity index (χ2n) is 5.48. The molecule has 0 spiro atoms. The molecular weight excluding hydrogens is 253 g/mol. The van der Waals surface area contributed by atoms with E-state index in [9.17, 15) is 9.50 Å². The molecule has 0 saturated carbocycles. The Labute approximate surface area is 118 Å². The molecule has 0 aliphatic carbocycles. The van der Waals surface area contributed by atoms with Crippen molar-refractivity contribution in [3.8, 4) is 5.75 Å². The summed E-state index contributed by atoms with van der Waals surface area (Å²) >= 11 is 0. The van der Waals surface area contributed by atoms with Gasteiger partial charge < -0.3 is 10.0 Å². The van der Waals surface area contributed by atoms with Crippen molar-refractivity contribution in [2.75, 3.05) is 13.6 Å². The molecule has 2 nitrogen and oxygen atoms in total. The molecule has 0 bridgehead atoms. The molecule has 20 heavy (non-hydrogen) atoms. The number of aromatic hydroxyl groups is 1. The average Bonchev–Trinajstić information content (AvgIpc) is 2.57. The lowest BCUT2D eigenvalue weighted by Gasteiger charge is -2.18. The smallest absolute Gasteiger partial charge is 0.127 e. The number of benzene rings is 2. The van der Waals surface area contributed by atoms with Crippen LogP contribution in [0.15, 0.2) is 42.5 Å². The van der Waals surface area contributed by atoms with Crippen molar-refractivity contribution in [2.45, 2.75) is 18.9 Å². The maximum Gasteiger partial charge on any atom is 0.127 e. The van der Waals surface area contributed by atoms with E-state index in [0.29, 0.717) is 0 Å². The molecule has 1 heterocycles. The maximum absolute atomic E-state index is 14.1. The number of hydrogen-bond acceptors (Lipinski definition) is 2. The van der Waals surface area contributed by atoms with Gasteiger partial charge in [-0.05, 0) is 54.9 Å². The standard InChI is InChI=1S/C17H18FNO/c1-19-9-8-15(16-4-2-3-5-17(16)18)14-7-6-13(20)10-12(14)11-19/h2-7,10,15,20H,8-9,11H2,1H3/t15-/m0/s1. The summed E-state index contributed by atoms with van der Waals surface area (Å²) in [6.07, 6.45) is 0.884. The lowest BCUT2D eigenvalue weighted by atomic mass is 9.86. The molecule has 1 aliphatic rings. The molecule has 0 unspecified atom stereocenters. The molecule has 104 valence electrons. The van der Waals surface area contributed by atoms with E-state index in [1.54, 1.807) is 18.2 Å². The number of rotatable bonds is 1. The highest BCUT2D eigenvalue weighted by atomic mass is 19.1. The maximum atomic E-state index is 14.1. The minimum atomic E-state index is -0.152. The molecule has 0 amide bonds. The third-order valence-corrected chi connectivity index (χ3v) is 4.02. The molecule has 0 fully saturated rings. The number of fused-ring (bicyclic) bond motifs is 1. The molecule has 3 rings (SSSR count). The predicted octanol–water partition coefficient (Wildman–Crippen LogP) is 3.50. The van der Waals surface area contributed by atoms with Crippen LogP contribution in [0.1, 0.15) is 29.0 Å². The summed E-state index contributed by atoms with van der Waals surface area (Å²) < 4.78 is 14.1.